The van der Waals surface area contributed by atoms with Gasteiger partial charge in [-0.1, -0.05) is 0 Å². The van der Waals surface area contributed by atoms with Gasteiger partial charge in [-0.25, -0.2) is 4.79 Å². The molecule has 0 saturated carbocycles. The first-order valence-corrected chi connectivity index (χ1v) is 7.63. The van der Waals surface area contributed by atoms with Crippen molar-refractivity contribution in [2.75, 3.05) is 25.1 Å². The lowest BCUT2D eigenvalue weighted by Crippen LogP contribution is -2.45. The molecule has 0 spiro atoms. The van der Waals surface area contributed by atoms with Gasteiger partial charge in [0.1, 0.15) is 0 Å². The van der Waals surface area contributed by atoms with E-state index in [2.05, 4.69) is 5.32 Å². The molecule has 0 aromatic heterocycles. The Morgan fingerprint density at radius 1 is 1.39 bits per heavy atom. The standard InChI is InChI=1S/C11H22N2O4S/c1-9(2)13(7-4-5-10(14)15)11(16)12-6-8-18(3)17/h9H,4-8H2,1-3H3,(H,12,16)(H,14,15). The van der Waals surface area contributed by atoms with E-state index >= 15 is 0 Å². The first-order valence-electron chi connectivity index (χ1n) is 5.91. The van der Waals surface area contributed by atoms with Gasteiger partial charge in [0.25, 0.3) is 0 Å². The zero-order valence-corrected chi connectivity index (χ0v) is 12.0. The molecule has 0 radical (unpaired) electrons. The normalized spacial score (nSPS) is 12.2. The Kier molecular flexibility index (Phi) is 8.36. The molecule has 0 bridgehead atoms. The minimum absolute atomic E-state index is 0.00548. The summed E-state index contributed by atoms with van der Waals surface area (Å²) in [6, 6.07) is -0.230. The highest BCUT2D eigenvalue weighted by atomic mass is 32.2. The molecule has 18 heavy (non-hydrogen) atoms. The molecule has 0 aromatic carbocycles. The Bertz CT molecular complexity index is 307. The summed E-state index contributed by atoms with van der Waals surface area (Å²) in [4.78, 5) is 23.8. The molecule has 2 N–H and O–H groups in total. The van der Waals surface area contributed by atoms with Gasteiger partial charge in [0.05, 0.1) is 0 Å². The molecule has 1 unspecified atom stereocenters. The molecule has 0 aliphatic carbocycles. The molecule has 1 atom stereocenters. The van der Waals surface area contributed by atoms with Crippen LogP contribution in [0.15, 0.2) is 0 Å². The second kappa shape index (κ2) is 8.91. The van der Waals surface area contributed by atoms with Gasteiger partial charge >= 0.3 is 12.0 Å². The Morgan fingerprint density at radius 2 is 2.00 bits per heavy atom. The monoisotopic (exact) mass is 278 g/mol. The van der Waals surface area contributed by atoms with E-state index in [0.29, 0.717) is 25.3 Å². The third kappa shape index (κ3) is 8.05. The summed E-state index contributed by atoms with van der Waals surface area (Å²) in [6.07, 6.45) is 2.06. The van der Waals surface area contributed by atoms with Crippen molar-refractivity contribution in [1.29, 1.82) is 0 Å². The van der Waals surface area contributed by atoms with Crippen LogP contribution < -0.4 is 5.32 Å². The molecule has 6 nitrogen and oxygen atoms in total. The molecule has 106 valence electrons. The predicted molar refractivity (Wildman–Crippen MR) is 71.0 cm³/mol. The van der Waals surface area contributed by atoms with Crippen LogP contribution in [0.3, 0.4) is 0 Å². The molecule has 0 aliphatic heterocycles. The van der Waals surface area contributed by atoms with Gasteiger partial charge in [0.15, 0.2) is 0 Å². The third-order valence-corrected chi connectivity index (χ3v) is 3.12. The fraction of sp³-hybridized carbons (Fsp3) is 0.818. The maximum absolute atomic E-state index is 11.8. The average molecular weight is 278 g/mol. The Balaban J connectivity index is 4.10. The van der Waals surface area contributed by atoms with Crippen molar-refractivity contribution in [3.63, 3.8) is 0 Å². The number of carboxylic acid groups (broad SMARTS) is 1. The van der Waals surface area contributed by atoms with Crippen molar-refractivity contribution in [3.8, 4) is 0 Å². The number of amides is 2. The van der Waals surface area contributed by atoms with Crippen molar-refractivity contribution in [2.24, 2.45) is 0 Å². The van der Waals surface area contributed by atoms with E-state index in [1.54, 1.807) is 11.2 Å². The summed E-state index contributed by atoms with van der Waals surface area (Å²) in [5.74, 6) is -0.437. The van der Waals surface area contributed by atoms with Crippen LogP contribution in [0.1, 0.15) is 26.7 Å². The van der Waals surface area contributed by atoms with Crippen LogP contribution in [0, 0.1) is 0 Å². The van der Waals surface area contributed by atoms with Crippen LogP contribution in [-0.4, -0.2) is 57.4 Å². The Hall–Kier alpha value is -1.11. The van der Waals surface area contributed by atoms with Gasteiger partial charge in [-0.05, 0) is 20.3 Å². The Morgan fingerprint density at radius 3 is 2.44 bits per heavy atom. The first-order chi connectivity index (χ1) is 8.34. The molecule has 0 rings (SSSR count). The number of nitrogens with one attached hydrogen (secondary N) is 1. The number of carbonyl (C=O) groups is 2. The van der Waals surface area contributed by atoms with Gasteiger partial charge in [0.2, 0.25) is 0 Å². The lowest BCUT2D eigenvalue weighted by Gasteiger charge is -2.26. The topological polar surface area (TPSA) is 86.7 Å². The van der Waals surface area contributed by atoms with Gasteiger partial charge in [-0.2, -0.15) is 0 Å². The summed E-state index contributed by atoms with van der Waals surface area (Å²) < 4.78 is 10.9. The van der Waals surface area contributed by atoms with Gasteiger partial charge in [0, 0.05) is 48.4 Å². The molecule has 0 fully saturated rings. The molecule has 7 heteroatoms. The number of rotatable bonds is 8. The lowest BCUT2D eigenvalue weighted by molar-refractivity contribution is -0.137. The number of carbonyl (C=O) groups excluding carboxylic acids is 1. The number of nitrogens with zero attached hydrogens (tertiary/aromatic N) is 1. The highest BCUT2D eigenvalue weighted by Crippen LogP contribution is 2.02. The summed E-state index contributed by atoms with van der Waals surface area (Å²) >= 11 is 0. The molecular weight excluding hydrogens is 256 g/mol. The largest absolute Gasteiger partial charge is 0.481 e. The number of carboxylic acids is 1. The minimum Gasteiger partial charge on any atom is -0.481 e. The molecule has 0 saturated heterocycles. The van der Waals surface area contributed by atoms with E-state index in [9.17, 15) is 13.8 Å². The van der Waals surface area contributed by atoms with Crippen molar-refractivity contribution in [1.82, 2.24) is 10.2 Å². The molecule has 2 amide bonds. The summed E-state index contributed by atoms with van der Waals surface area (Å²) in [6.45, 7) is 4.52. The number of aliphatic carboxylic acids is 1. The predicted octanol–water partition coefficient (Wildman–Crippen LogP) is 0.650. The van der Waals surface area contributed by atoms with E-state index in [1.165, 1.54) is 0 Å². The van der Waals surface area contributed by atoms with E-state index < -0.39 is 16.8 Å². The quantitative estimate of drug-likeness (QED) is 0.682. The first kappa shape index (κ1) is 16.9. The highest BCUT2D eigenvalue weighted by Gasteiger charge is 2.16. The van der Waals surface area contributed by atoms with Gasteiger partial charge < -0.3 is 15.3 Å². The van der Waals surface area contributed by atoms with Crippen LogP contribution in [-0.2, 0) is 15.6 Å². The van der Waals surface area contributed by atoms with Crippen molar-refractivity contribution < 1.29 is 18.9 Å². The third-order valence-electron chi connectivity index (χ3n) is 2.34. The van der Waals surface area contributed by atoms with E-state index in [1.807, 2.05) is 13.8 Å². The average Bonchev–Trinajstić information content (AvgIpc) is 2.22. The number of urea groups is 1. The fourth-order valence-corrected chi connectivity index (χ4v) is 1.79. The maximum atomic E-state index is 11.8. The summed E-state index contributed by atoms with van der Waals surface area (Å²) in [7, 11) is -0.928. The van der Waals surface area contributed by atoms with Crippen molar-refractivity contribution >= 4 is 22.8 Å². The van der Waals surface area contributed by atoms with E-state index in [4.69, 9.17) is 5.11 Å². The maximum Gasteiger partial charge on any atom is 0.317 e. The fourth-order valence-electron chi connectivity index (χ4n) is 1.40. The van der Waals surface area contributed by atoms with Crippen molar-refractivity contribution in [3.05, 3.63) is 0 Å². The van der Waals surface area contributed by atoms with Crippen molar-refractivity contribution in [2.45, 2.75) is 32.7 Å². The summed E-state index contributed by atoms with van der Waals surface area (Å²) in [5.41, 5.74) is 0. The van der Waals surface area contributed by atoms with Crippen LogP contribution in [0.25, 0.3) is 0 Å². The van der Waals surface area contributed by atoms with E-state index in [0.717, 1.165) is 0 Å². The molecule has 0 aromatic rings. The van der Waals surface area contributed by atoms with E-state index in [-0.39, 0.29) is 18.5 Å². The van der Waals surface area contributed by atoms with Gasteiger partial charge in [-0.15, -0.1) is 0 Å². The highest BCUT2D eigenvalue weighted by molar-refractivity contribution is 7.84. The molecular formula is C11H22N2O4S. The molecule has 0 aliphatic rings. The number of hydrogen-bond acceptors (Lipinski definition) is 3. The van der Waals surface area contributed by atoms with Crippen LogP contribution in [0.5, 0.6) is 0 Å². The Labute approximate surface area is 110 Å². The summed E-state index contributed by atoms with van der Waals surface area (Å²) in [5, 5.41) is 11.2. The SMILES string of the molecule is CC(C)N(CCCC(=O)O)C(=O)NCCS(C)=O. The zero-order valence-electron chi connectivity index (χ0n) is 11.1. The zero-order chi connectivity index (χ0) is 14.1. The van der Waals surface area contributed by atoms with Gasteiger partial charge in [-0.3, -0.25) is 9.00 Å². The van der Waals surface area contributed by atoms with Crippen LogP contribution in [0.2, 0.25) is 0 Å². The molecule has 0 heterocycles. The van der Waals surface area contributed by atoms with Crippen LogP contribution in [0.4, 0.5) is 4.79 Å². The number of hydrogen-bond donors (Lipinski definition) is 2. The lowest BCUT2D eigenvalue weighted by atomic mass is 10.2. The second-order valence-corrected chi connectivity index (χ2v) is 5.85. The smallest absolute Gasteiger partial charge is 0.317 e. The second-order valence-electron chi connectivity index (χ2n) is 4.29. The minimum atomic E-state index is -0.928. The van der Waals surface area contributed by atoms with Crippen LogP contribution >= 0.6 is 0 Å².